The second kappa shape index (κ2) is 5.78. The fourth-order valence-corrected chi connectivity index (χ4v) is 2.59. The van der Waals surface area contributed by atoms with Crippen LogP contribution >= 0.6 is 22.6 Å². The van der Waals surface area contributed by atoms with Crippen molar-refractivity contribution in [3.63, 3.8) is 0 Å². The summed E-state index contributed by atoms with van der Waals surface area (Å²) in [6, 6.07) is 7.93. The van der Waals surface area contributed by atoms with Crippen LogP contribution in [-0.4, -0.2) is 28.0 Å². The van der Waals surface area contributed by atoms with Gasteiger partial charge in [0.05, 0.1) is 3.57 Å². The standard InChI is InChI=1S/C13H14IN5O/c14-9-5-1-2-6-10(9)20-13-17-11(15)16-12(18-13)19-7-3-4-8-19/h1-2,5-6H,3-4,7-8H2,(H2,15,16,17,18). The monoisotopic (exact) mass is 383 g/mol. The highest BCUT2D eigenvalue weighted by Gasteiger charge is 2.17. The summed E-state index contributed by atoms with van der Waals surface area (Å²) in [7, 11) is 0. The first-order valence-electron chi connectivity index (χ1n) is 6.41. The molecule has 1 saturated heterocycles. The molecule has 2 heterocycles. The Morgan fingerprint density at radius 3 is 2.60 bits per heavy atom. The van der Waals surface area contributed by atoms with E-state index in [1.807, 2.05) is 24.3 Å². The van der Waals surface area contributed by atoms with Gasteiger partial charge in [0, 0.05) is 13.1 Å². The van der Waals surface area contributed by atoms with Gasteiger partial charge in [-0.2, -0.15) is 15.0 Å². The van der Waals surface area contributed by atoms with E-state index in [1.165, 1.54) is 0 Å². The van der Waals surface area contributed by atoms with Crippen molar-refractivity contribution in [2.75, 3.05) is 23.7 Å². The topological polar surface area (TPSA) is 77.2 Å². The van der Waals surface area contributed by atoms with E-state index in [0.717, 1.165) is 29.5 Å². The number of ether oxygens (including phenoxy) is 1. The molecule has 0 unspecified atom stereocenters. The Hall–Kier alpha value is -1.64. The third-order valence-corrected chi connectivity index (χ3v) is 3.94. The molecule has 20 heavy (non-hydrogen) atoms. The summed E-state index contributed by atoms with van der Waals surface area (Å²) in [5.41, 5.74) is 5.75. The van der Waals surface area contributed by atoms with E-state index in [1.54, 1.807) is 0 Å². The molecule has 0 aliphatic carbocycles. The van der Waals surface area contributed by atoms with Gasteiger partial charge in [-0.15, -0.1) is 0 Å². The van der Waals surface area contributed by atoms with Crippen LogP contribution in [0.2, 0.25) is 0 Å². The summed E-state index contributed by atoms with van der Waals surface area (Å²) >= 11 is 2.20. The van der Waals surface area contributed by atoms with Crippen molar-refractivity contribution in [1.29, 1.82) is 0 Å². The number of nitrogens with zero attached hydrogens (tertiary/aromatic N) is 4. The van der Waals surface area contributed by atoms with Gasteiger partial charge in [0.2, 0.25) is 11.9 Å². The van der Waals surface area contributed by atoms with Crippen LogP contribution in [0.1, 0.15) is 12.8 Å². The summed E-state index contributed by atoms with van der Waals surface area (Å²) < 4.78 is 6.71. The summed E-state index contributed by atoms with van der Waals surface area (Å²) in [6.07, 6.45) is 2.30. The van der Waals surface area contributed by atoms with Gasteiger partial charge in [-0.3, -0.25) is 0 Å². The van der Waals surface area contributed by atoms with Gasteiger partial charge in [0.15, 0.2) is 0 Å². The predicted octanol–water partition coefficient (Wildman–Crippen LogP) is 2.45. The molecule has 1 aromatic carbocycles. The van der Waals surface area contributed by atoms with Crippen LogP contribution in [0.5, 0.6) is 11.8 Å². The number of rotatable bonds is 3. The van der Waals surface area contributed by atoms with Crippen LogP contribution in [0.15, 0.2) is 24.3 Å². The molecule has 6 nitrogen and oxygen atoms in total. The van der Waals surface area contributed by atoms with Crippen molar-refractivity contribution in [2.24, 2.45) is 0 Å². The zero-order valence-electron chi connectivity index (χ0n) is 10.8. The molecule has 2 aromatic rings. The number of halogens is 1. The summed E-state index contributed by atoms with van der Waals surface area (Å²) in [5, 5.41) is 0. The molecular formula is C13H14IN5O. The second-order valence-electron chi connectivity index (χ2n) is 4.50. The van der Waals surface area contributed by atoms with E-state index in [9.17, 15) is 0 Å². The van der Waals surface area contributed by atoms with E-state index in [2.05, 4.69) is 42.4 Å². The fraction of sp³-hybridized carbons (Fsp3) is 0.308. The van der Waals surface area contributed by atoms with Crippen molar-refractivity contribution in [3.8, 4) is 11.8 Å². The number of nitrogens with two attached hydrogens (primary N) is 1. The first-order chi connectivity index (χ1) is 9.72. The minimum atomic E-state index is 0.183. The zero-order valence-corrected chi connectivity index (χ0v) is 12.9. The van der Waals surface area contributed by atoms with Crippen molar-refractivity contribution < 1.29 is 4.74 Å². The second-order valence-corrected chi connectivity index (χ2v) is 5.67. The molecule has 0 atom stereocenters. The molecular weight excluding hydrogens is 369 g/mol. The fourth-order valence-electron chi connectivity index (χ4n) is 2.09. The van der Waals surface area contributed by atoms with Crippen LogP contribution in [0.4, 0.5) is 11.9 Å². The number of aromatic nitrogens is 3. The number of anilines is 2. The highest BCUT2D eigenvalue weighted by atomic mass is 127. The van der Waals surface area contributed by atoms with E-state index < -0.39 is 0 Å². The van der Waals surface area contributed by atoms with Gasteiger partial charge in [-0.05, 0) is 47.6 Å². The lowest BCUT2D eigenvalue weighted by Gasteiger charge is -2.15. The maximum Gasteiger partial charge on any atom is 0.328 e. The largest absolute Gasteiger partial charge is 0.423 e. The minimum Gasteiger partial charge on any atom is -0.423 e. The Morgan fingerprint density at radius 1 is 1.10 bits per heavy atom. The van der Waals surface area contributed by atoms with Crippen LogP contribution in [-0.2, 0) is 0 Å². The van der Waals surface area contributed by atoms with Crippen LogP contribution in [0.25, 0.3) is 0 Å². The van der Waals surface area contributed by atoms with Crippen molar-refractivity contribution >= 4 is 34.5 Å². The predicted molar refractivity (Wildman–Crippen MR) is 84.9 cm³/mol. The minimum absolute atomic E-state index is 0.183. The number of nitrogen functional groups attached to an aromatic ring is 1. The third kappa shape index (κ3) is 2.92. The molecule has 104 valence electrons. The Bertz CT molecular complexity index is 615. The van der Waals surface area contributed by atoms with E-state index >= 15 is 0 Å². The molecule has 1 aliphatic rings. The average Bonchev–Trinajstić information content (AvgIpc) is 2.95. The van der Waals surface area contributed by atoms with Gasteiger partial charge in [0.1, 0.15) is 5.75 Å². The molecule has 7 heteroatoms. The Morgan fingerprint density at radius 2 is 1.85 bits per heavy atom. The van der Waals surface area contributed by atoms with Gasteiger partial charge in [-0.25, -0.2) is 0 Å². The van der Waals surface area contributed by atoms with Crippen molar-refractivity contribution in [2.45, 2.75) is 12.8 Å². The van der Waals surface area contributed by atoms with E-state index in [-0.39, 0.29) is 12.0 Å². The normalized spacial score (nSPS) is 14.6. The highest BCUT2D eigenvalue weighted by Crippen LogP contribution is 2.26. The van der Waals surface area contributed by atoms with Gasteiger partial charge >= 0.3 is 6.01 Å². The van der Waals surface area contributed by atoms with Gasteiger partial charge in [0.25, 0.3) is 0 Å². The first kappa shape index (κ1) is 13.3. The Kier molecular flexibility index (Phi) is 3.86. The third-order valence-electron chi connectivity index (χ3n) is 3.05. The maximum atomic E-state index is 5.75. The van der Waals surface area contributed by atoms with Crippen molar-refractivity contribution in [1.82, 2.24) is 15.0 Å². The molecule has 0 bridgehead atoms. The molecule has 1 aromatic heterocycles. The molecule has 0 amide bonds. The van der Waals surface area contributed by atoms with Crippen LogP contribution in [0, 0.1) is 3.57 Å². The molecule has 2 N–H and O–H groups in total. The van der Waals surface area contributed by atoms with Crippen molar-refractivity contribution in [3.05, 3.63) is 27.8 Å². The van der Waals surface area contributed by atoms with E-state index in [0.29, 0.717) is 11.7 Å². The average molecular weight is 383 g/mol. The Labute approximate surface area is 130 Å². The quantitative estimate of drug-likeness (QED) is 0.821. The maximum absolute atomic E-state index is 5.75. The van der Waals surface area contributed by atoms with Crippen LogP contribution in [0.3, 0.4) is 0 Å². The smallest absolute Gasteiger partial charge is 0.328 e. The van der Waals surface area contributed by atoms with E-state index in [4.69, 9.17) is 10.5 Å². The lowest BCUT2D eigenvalue weighted by atomic mass is 10.3. The summed E-state index contributed by atoms with van der Waals surface area (Å²) in [4.78, 5) is 14.7. The number of hydrogen-bond acceptors (Lipinski definition) is 6. The number of hydrogen-bond donors (Lipinski definition) is 1. The lowest BCUT2D eigenvalue weighted by Crippen LogP contribution is -2.21. The highest BCUT2D eigenvalue weighted by molar-refractivity contribution is 14.1. The molecule has 0 radical (unpaired) electrons. The molecule has 1 fully saturated rings. The number of benzene rings is 1. The first-order valence-corrected chi connectivity index (χ1v) is 7.49. The number of para-hydroxylation sites is 1. The molecule has 3 rings (SSSR count). The molecule has 0 saturated carbocycles. The SMILES string of the molecule is Nc1nc(Oc2ccccc2I)nc(N2CCCC2)n1. The van der Waals surface area contributed by atoms with Gasteiger partial charge < -0.3 is 15.4 Å². The Balaban J connectivity index is 1.88. The lowest BCUT2D eigenvalue weighted by molar-refractivity contribution is 0.437. The molecule has 0 spiro atoms. The van der Waals surface area contributed by atoms with Gasteiger partial charge in [-0.1, -0.05) is 12.1 Å². The zero-order chi connectivity index (χ0) is 13.9. The summed E-state index contributed by atoms with van der Waals surface area (Å²) in [6.45, 7) is 1.90. The van der Waals surface area contributed by atoms with Crippen LogP contribution < -0.4 is 15.4 Å². The summed E-state index contributed by atoms with van der Waals surface area (Å²) in [5.74, 6) is 1.49. The molecule has 1 aliphatic heterocycles.